The van der Waals surface area contributed by atoms with E-state index in [2.05, 4.69) is 37.4 Å². The molecule has 2 aromatic rings. The van der Waals surface area contributed by atoms with Gasteiger partial charge in [-0.3, -0.25) is 9.59 Å². The maximum absolute atomic E-state index is 11.9. The highest BCUT2D eigenvalue weighted by molar-refractivity contribution is 8.76. The molecule has 0 fully saturated rings. The molecule has 0 amide bonds. The molecule has 0 N–H and O–H groups in total. The van der Waals surface area contributed by atoms with E-state index in [1.165, 1.54) is 45.5 Å². The van der Waals surface area contributed by atoms with Crippen LogP contribution in [0.2, 0.25) is 0 Å². The smallest absolute Gasteiger partial charge is 0.211 e. The average Bonchev–Trinajstić information content (AvgIpc) is 2.84. The van der Waals surface area contributed by atoms with Gasteiger partial charge in [0.25, 0.3) is 0 Å². The Labute approximate surface area is 216 Å². The van der Waals surface area contributed by atoms with Crippen molar-refractivity contribution in [2.24, 2.45) is 0 Å². The van der Waals surface area contributed by atoms with Crippen LogP contribution < -0.4 is 0 Å². The van der Waals surface area contributed by atoms with Crippen LogP contribution in [0.25, 0.3) is 0 Å². The van der Waals surface area contributed by atoms with Crippen molar-refractivity contribution in [3.05, 3.63) is 86.0 Å². The van der Waals surface area contributed by atoms with Crippen molar-refractivity contribution in [2.75, 3.05) is 23.0 Å². The SMILES string of the molecule is C=CC(=O)SC(CSSCC(CSc1ccccc1)SC(=O)C=C)CSc1ccccc1. The minimum Gasteiger partial charge on any atom is -0.282 e. The number of rotatable bonds is 15. The van der Waals surface area contributed by atoms with Crippen molar-refractivity contribution in [3.8, 4) is 0 Å². The maximum Gasteiger partial charge on any atom is 0.211 e. The maximum atomic E-state index is 11.9. The van der Waals surface area contributed by atoms with Crippen LogP contribution in [0.15, 0.2) is 95.8 Å². The molecule has 2 unspecified atom stereocenters. The number of carbonyl (C=O) groups excluding carboxylic acids is 2. The predicted molar refractivity (Wildman–Crippen MR) is 152 cm³/mol. The average molecular weight is 539 g/mol. The molecule has 2 rings (SSSR count). The van der Waals surface area contributed by atoms with Crippen LogP contribution in [0, 0.1) is 0 Å². The summed E-state index contributed by atoms with van der Waals surface area (Å²) in [4.78, 5) is 26.2. The summed E-state index contributed by atoms with van der Waals surface area (Å²) in [6.07, 6.45) is 2.77. The van der Waals surface area contributed by atoms with Gasteiger partial charge >= 0.3 is 0 Å². The van der Waals surface area contributed by atoms with Crippen molar-refractivity contribution in [1.29, 1.82) is 0 Å². The van der Waals surface area contributed by atoms with E-state index >= 15 is 0 Å². The Morgan fingerprint density at radius 1 is 0.656 bits per heavy atom. The molecule has 2 atom stereocenters. The Balaban J connectivity index is 1.82. The number of hydrogen-bond acceptors (Lipinski definition) is 8. The molecule has 0 radical (unpaired) electrons. The van der Waals surface area contributed by atoms with Crippen molar-refractivity contribution in [1.82, 2.24) is 0 Å². The molecule has 0 aliphatic rings. The minimum absolute atomic E-state index is 0.0125. The molecule has 0 aromatic heterocycles. The third-order valence-electron chi connectivity index (χ3n) is 3.85. The van der Waals surface area contributed by atoms with Gasteiger partial charge in [-0.25, -0.2) is 0 Å². The van der Waals surface area contributed by atoms with Crippen molar-refractivity contribution in [3.63, 3.8) is 0 Å². The summed E-state index contributed by atoms with van der Waals surface area (Å²) in [5.74, 6) is 3.43. The molecule has 32 heavy (non-hydrogen) atoms. The lowest BCUT2D eigenvalue weighted by Crippen LogP contribution is -2.14. The van der Waals surface area contributed by atoms with Gasteiger partial charge in [-0.15, -0.1) is 23.5 Å². The zero-order valence-corrected chi connectivity index (χ0v) is 22.5. The largest absolute Gasteiger partial charge is 0.282 e. The highest BCUT2D eigenvalue weighted by Gasteiger charge is 2.17. The molecule has 0 aliphatic carbocycles. The van der Waals surface area contributed by atoms with Gasteiger partial charge in [0.2, 0.25) is 10.2 Å². The number of carbonyl (C=O) groups is 2. The zero-order chi connectivity index (χ0) is 23.0. The predicted octanol–water partition coefficient (Wildman–Crippen LogP) is 7.58. The molecular weight excluding hydrogens is 513 g/mol. The second-order valence-corrected chi connectivity index (χ2v) is 13.7. The van der Waals surface area contributed by atoms with Crippen molar-refractivity contribution >= 4 is 78.9 Å². The molecule has 170 valence electrons. The topological polar surface area (TPSA) is 34.1 Å². The highest BCUT2D eigenvalue weighted by Crippen LogP contribution is 2.34. The first kappa shape index (κ1) is 27.6. The van der Waals surface area contributed by atoms with Gasteiger partial charge in [0.1, 0.15) is 0 Å². The highest BCUT2D eigenvalue weighted by atomic mass is 33.1. The first-order valence-electron chi connectivity index (χ1n) is 9.87. The van der Waals surface area contributed by atoms with Gasteiger partial charge in [-0.2, -0.15) is 0 Å². The van der Waals surface area contributed by atoms with Crippen LogP contribution in [0.5, 0.6) is 0 Å². The summed E-state index contributed by atoms with van der Waals surface area (Å²) >= 11 is 6.25. The Kier molecular flexibility index (Phi) is 14.6. The molecule has 2 nitrogen and oxygen atoms in total. The first-order chi connectivity index (χ1) is 15.6. The molecule has 0 saturated carbocycles. The van der Waals surface area contributed by atoms with Crippen LogP contribution in [-0.2, 0) is 9.59 Å². The van der Waals surface area contributed by atoms with Crippen LogP contribution in [0.4, 0.5) is 0 Å². The van der Waals surface area contributed by atoms with E-state index in [-0.39, 0.29) is 20.7 Å². The summed E-state index contributed by atoms with van der Waals surface area (Å²) in [5.41, 5.74) is 0. The fraction of sp³-hybridized carbons (Fsp3) is 0.250. The summed E-state index contributed by atoms with van der Waals surface area (Å²) in [7, 11) is 3.54. The fourth-order valence-corrected chi connectivity index (χ4v) is 9.87. The van der Waals surface area contributed by atoms with Gasteiger partial charge < -0.3 is 0 Å². The van der Waals surface area contributed by atoms with E-state index in [1.807, 2.05) is 36.4 Å². The van der Waals surface area contributed by atoms with Crippen molar-refractivity contribution in [2.45, 2.75) is 20.3 Å². The fourth-order valence-electron chi connectivity index (χ4n) is 2.32. The van der Waals surface area contributed by atoms with E-state index in [1.54, 1.807) is 45.1 Å². The normalized spacial score (nSPS) is 12.6. The summed E-state index contributed by atoms with van der Waals surface area (Å²) in [6.45, 7) is 7.20. The van der Waals surface area contributed by atoms with Crippen LogP contribution in [-0.4, -0.2) is 43.7 Å². The standard InChI is InChI=1S/C24H26O2S6/c1-3-23(25)31-21(15-27-19-11-7-5-8-12-19)17-29-30-18-22(32-24(26)4-2)16-28-20-13-9-6-10-14-20/h3-14,21-22H,1-2,15-18H2. The monoisotopic (exact) mass is 538 g/mol. The van der Waals surface area contributed by atoms with Crippen LogP contribution in [0.1, 0.15) is 0 Å². The number of thioether (sulfide) groups is 4. The Morgan fingerprint density at radius 3 is 1.38 bits per heavy atom. The van der Waals surface area contributed by atoms with E-state index < -0.39 is 0 Å². The van der Waals surface area contributed by atoms with Gasteiger partial charge in [0.15, 0.2) is 0 Å². The molecule has 0 bridgehead atoms. The minimum atomic E-state index is 0.0125. The van der Waals surface area contributed by atoms with E-state index in [0.29, 0.717) is 0 Å². The Hall–Kier alpha value is -0.640. The van der Waals surface area contributed by atoms with Crippen LogP contribution >= 0.6 is 68.6 Å². The van der Waals surface area contributed by atoms with Crippen molar-refractivity contribution < 1.29 is 9.59 Å². The summed E-state index contributed by atoms with van der Waals surface area (Å²) in [6, 6.07) is 20.5. The van der Waals surface area contributed by atoms with Gasteiger partial charge in [0, 0.05) is 43.3 Å². The third-order valence-corrected chi connectivity index (χ3v) is 11.7. The number of benzene rings is 2. The molecule has 8 heteroatoms. The lowest BCUT2D eigenvalue weighted by molar-refractivity contribution is -0.107. The lowest BCUT2D eigenvalue weighted by atomic mass is 10.4. The Bertz CT molecular complexity index is 773. The summed E-state index contributed by atoms with van der Waals surface area (Å²) < 4.78 is 0. The third kappa shape index (κ3) is 12.0. The number of hydrogen-bond donors (Lipinski definition) is 0. The first-order valence-corrected chi connectivity index (χ1v) is 16.1. The molecule has 0 heterocycles. The molecule has 2 aromatic carbocycles. The van der Waals surface area contributed by atoms with Gasteiger partial charge in [-0.05, 0) is 36.4 Å². The van der Waals surface area contributed by atoms with Crippen LogP contribution in [0.3, 0.4) is 0 Å². The second kappa shape index (κ2) is 16.9. The van der Waals surface area contributed by atoms with Gasteiger partial charge in [-0.1, -0.05) is 94.7 Å². The van der Waals surface area contributed by atoms with E-state index in [4.69, 9.17) is 0 Å². The lowest BCUT2D eigenvalue weighted by Gasteiger charge is -2.16. The second-order valence-electron chi connectivity index (χ2n) is 6.34. The molecule has 0 aliphatic heterocycles. The van der Waals surface area contributed by atoms with E-state index in [9.17, 15) is 9.59 Å². The molecule has 0 spiro atoms. The Morgan fingerprint density at radius 2 is 1.03 bits per heavy atom. The quantitative estimate of drug-likeness (QED) is 0.0993. The zero-order valence-electron chi connectivity index (χ0n) is 17.6. The summed E-state index contributed by atoms with van der Waals surface area (Å²) in [5, 5.41) is 0.419. The molecular formula is C24H26O2S6. The molecule has 0 saturated heterocycles. The van der Waals surface area contributed by atoms with Gasteiger partial charge in [0.05, 0.1) is 0 Å². The van der Waals surface area contributed by atoms with E-state index in [0.717, 1.165) is 23.0 Å².